The van der Waals surface area contributed by atoms with Crippen molar-refractivity contribution in [2.75, 3.05) is 7.05 Å². The number of hydrogen-bond acceptors (Lipinski definition) is 3. The molecule has 0 aliphatic carbocycles. The van der Waals surface area contributed by atoms with Crippen LogP contribution in [0.5, 0.6) is 0 Å². The van der Waals surface area contributed by atoms with Crippen LogP contribution in [0.15, 0.2) is 60.7 Å². The van der Waals surface area contributed by atoms with Gasteiger partial charge in [0.1, 0.15) is 12.2 Å². The lowest BCUT2D eigenvalue weighted by Gasteiger charge is -2.30. The Bertz CT molecular complexity index is 854. The van der Waals surface area contributed by atoms with Crippen LogP contribution < -0.4 is 0 Å². The van der Waals surface area contributed by atoms with E-state index in [2.05, 4.69) is 0 Å². The van der Waals surface area contributed by atoms with Crippen molar-refractivity contribution in [3.63, 3.8) is 0 Å². The second-order valence-corrected chi connectivity index (χ2v) is 7.35. The molecule has 0 radical (unpaired) electrons. The molecule has 1 saturated heterocycles. The molecule has 2 aromatic carbocycles. The van der Waals surface area contributed by atoms with Crippen molar-refractivity contribution < 1.29 is 19.5 Å². The van der Waals surface area contributed by atoms with Crippen molar-refractivity contribution in [3.05, 3.63) is 71.8 Å². The molecule has 6 heteroatoms. The van der Waals surface area contributed by atoms with Crippen LogP contribution >= 0.6 is 0 Å². The van der Waals surface area contributed by atoms with Crippen molar-refractivity contribution in [2.45, 2.75) is 44.3 Å². The van der Waals surface area contributed by atoms with E-state index in [-0.39, 0.29) is 30.8 Å². The first-order valence-electron chi connectivity index (χ1n) is 9.85. The maximum atomic E-state index is 13.0. The Morgan fingerprint density at radius 2 is 1.52 bits per heavy atom. The van der Waals surface area contributed by atoms with E-state index in [0.29, 0.717) is 12.8 Å². The Balaban J connectivity index is 1.82. The molecule has 152 valence electrons. The number of nitrogens with zero attached hydrogens (tertiary/aromatic N) is 2. The van der Waals surface area contributed by atoms with E-state index in [1.165, 1.54) is 0 Å². The van der Waals surface area contributed by atoms with Crippen LogP contribution in [0.1, 0.15) is 30.4 Å². The summed E-state index contributed by atoms with van der Waals surface area (Å²) in [5.74, 6) is -1.41. The highest BCUT2D eigenvalue weighted by atomic mass is 16.4. The minimum absolute atomic E-state index is 0.101. The zero-order valence-corrected chi connectivity index (χ0v) is 16.5. The number of aryl methyl sites for hydroxylation is 1. The van der Waals surface area contributed by atoms with Gasteiger partial charge in [0.05, 0.1) is 6.42 Å². The van der Waals surface area contributed by atoms with Gasteiger partial charge in [0.15, 0.2) is 0 Å². The minimum Gasteiger partial charge on any atom is -0.481 e. The van der Waals surface area contributed by atoms with Crippen molar-refractivity contribution in [2.24, 2.45) is 0 Å². The molecule has 1 N–H and O–H groups in total. The summed E-state index contributed by atoms with van der Waals surface area (Å²) in [4.78, 5) is 40.2. The molecule has 0 spiro atoms. The van der Waals surface area contributed by atoms with Crippen LogP contribution in [0.4, 0.5) is 0 Å². The van der Waals surface area contributed by atoms with Gasteiger partial charge in [-0.3, -0.25) is 14.4 Å². The number of carboxylic acid groups (broad SMARTS) is 1. The SMILES string of the molecule is CN1C(=O)C(Cc2ccccc2)N(C(=O)CCC(=O)O)C1CCc1ccccc1. The summed E-state index contributed by atoms with van der Waals surface area (Å²) in [5.41, 5.74) is 2.11. The molecule has 0 bridgehead atoms. The highest BCUT2D eigenvalue weighted by Crippen LogP contribution is 2.28. The fourth-order valence-electron chi connectivity index (χ4n) is 3.87. The number of aliphatic carboxylic acids is 1. The van der Waals surface area contributed by atoms with E-state index >= 15 is 0 Å². The Labute approximate surface area is 170 Å². The molecule has 2 amide bonds. The standard InChI is InChI=1S/C23H26N2O4/c1-24-20(13-12-17-8-4-2-5-9-17)25(21(26)14-15-22(27)28)19(23(24)29)16-18-10-6-3-7-11-18/h2-11,19-20H,12-16H2,1H3,(H,27,28). The molecule has 29 heavy (non-hydrogen) atoms. The first-order valence-corrected chi connectivity index (χ1v) is 9.85. The van der Waals surface area contributed by atoms with Gasteiger partial charge in [0, 0.05) is 19.9 Å². The van der Waals surface area contributed by atoms with E-state index in [0.717, 1.165) is 17.5 Å². The topological polar surface area (TPSA) is 77.9 Å². The predicted molar refractivity (Wildman–Crippen MR) is 109 cm³/mol. The van der Waals surface area contributed by atoms with Gasteiger partial charge in [-0.05, 0) is 24.0 Å². The summed E-state index contributed by atoms with van der Waals surface area (Å²) in [5, 5.41) is 8.98. The summed E-state index contributed by atoms with van der Waals surface area (Å²) >= 11 is 0. The average Bonchev–Trinajstić information content (AvgIpc) is 2.96. The smallest absolute Gasteiger partial charge is 0.303 e. The highest BCUT2D eigenvalue weighted by molar-refractivity contribution is 5.92. The zero-order chi connectivity index (χ0) is 20.8. The van der Waals surface area contributed by atoms with Gasteiger partial charge in [-0.1, -0.05) is 60.7 Å². The summed E-state index contributed by atoms with van der Waals surface area (Å²) in [7, 11) is 1.72. The maximum absolute atomic E-state index is 13.0. The van der Waals surface area contributed by atoms with Crippen LogP contribution in [-0.2, 0) is 27.2 Å². The van der Waals surface area contributed by atoms with E-state index < -0.39 is 12.0 Å². The molecule has 0 aromatic heterocycles. The second kappa shape index (κ2) is 9.37. The third kappa shape index (κ3) is 5.02. The van der Waals surface area contributed by atoms with Crippen molar-refractivity contribution in [1.82, 2.24) is 9.80 Å². The van der Waals surface area contributed by atoms with Crippen LogP contribution in [0.3, 0.4) is 0 Å². The normalized spacial score (nSPS) is 18.9. The summed E-state index contributed by atoms with van der Waals surface area (Å²) in [6, 6.07) is 18.9. The van der Waals surface area contributed by atoms with E-state index in [9.17, 15) is 14.4 Å². The third-order valence-electron chi connectivity index (χ3n) is 5.38. The molecule has 1 aliphatic heterocycles. The molecule has 1 heterocycles. The maximum Gasteiger partial charge on any atom is 0.303 e. The molecule has 2 atom stereocenters. The van der Waals surface area contributed by atoms with E-state index in [1.807, 2.05) is 60.7 Å². The Morgan fingerprint density at radius 1 is 0.931 bits per heavy atom. The number of carbonyl (C=O) groups is 3. The number of benzene rings is 2. The number of amides is 2. The molecular formula is C23H26N2O4. The fraction of sp³-hybridized carbons (Fsp3) is 0.348. The number of carboxylic acids is 1. The van der Waals surface area contributed by atoms with Crippen LogP contribution in [0, 0.1) is 0 Å². The molecule has 3 rings (SSSR count). The zero-order valence-electron chi connectivity index (χ0n) is 16.5. The van der Waals surface area contributed by atoms with Gasteiger partial charge < -0.3 is 14.9 Å². The second-order valence-electron chi connectivity index (χ2n) is 7.35. The van der Waals surface area contributed by atoms with E-state index in [4.69, 9.17) is 5.11 Å². The number of hydrogen-bond donors (Lipinski definition) is 1. The minimum atomic E-state index is -1.02. The Kier molecular flexibility index (Phi) is 6.65. The van der Waals surface area contributed by atoms with Crippen molar-refractivity contribution in [3.8, 4) is 0 Å². The molecule has 2 aromatic rings. The number of likely N-dealkylation sites (N-methyl/N-ethyl adjacent to an activating group) is 1. The summed E-state index contributed by atoms with van der Waals surface area (Å²) in [6.07, 6.45) is 1.03. The molecule has 1 aliphatic rings. The molecule has 2 unspecified atom stereocenters. The summed E-state index contributed by atoms with van der Waals surface area (Å²) < 4.78 is 0. The quantitative estimate of drug-likeness (QED) is 0.747. The lowest BCUT2D eigenvalue weighted by Crippen LogP contribution is -2.45. The molecule has 6 nitrogen and oxygen atoms in total. The Morgan fingerprint density at radius 3 is 2.10 bits per heavy atom. The largest absolute Gasteiger partial charge is 0.481 e. The fourth-order valence-corrected chi connectivity index (χ4v) is 3.87. The molecule has 0 saturated carbocycles. The lowest BCUT2D eigenvalue weighted by atomic mass is 10.0. The number of carbonyl (C=O) groups excluding carboxylic acids is 2. The van der Waals surface area contributed by atoms with Gasteiger partial charge in [-0.15, -0.1) is 0 Å². The number of rotatable bonds is 8. The highest BCUT2D eigenvalue weighted by Gasteiger charge is 2.45. The monoisotopic (exact) mass is 394 g/mol. The van der Waals surface area contributed by atoms with Gasteiger partial charge in [-0.25, -0.2) is 0 Å². The summed E-state index contributed by atoms with van der Waals surface area (Å²) in [6.45, 7) is 0. The van der Waals surface area contributed by atoms with Gasteiger partial charge in [0.25, 0.3) is 0 Å². The molecule has 1 fully saturated rings. The van der Waals surface area contributed by atoms with Gasteiger partial charge >= 0.3 is 5.97 Å². The Hall–Kier alpha value is -3.15. The first kappa shape index (κ1) is 20.6. The average molecular weight is 394 g/mol. The van der Waals surface area contributed by atoms with Crippen molar-refractivity contribution in [1.29, 1.82) is 0 Å². The lowest BCUT2D eigenvalue weighted by molar-refractivity contribution is -0.142. The van der Waals surface area contributed by atoms with E-state index in [1.54, 1.807) is 16.8 Å². The van der Waals surface area contributed by atoms with Crippen LogP contribution in [0.25, 0.3) is 0 Å². The van der Waals surface area contributed by atoms with Crippen molar-refractivity contribution >= 4 is 17.8 Å². The van der Waals surface area contributed by atoms with Crippen LogP contribution in [-0.4, -0.2) is 51.9 Å². The third-order valence-corrected chi connectivity index (χ3v) is 5.38. The predicted octanol–water partition coefficient (Wildman–Crippen LogP) is 2.72. The first-order chi connectivity index (χ1) is 14.0. The van der Waals surface area contributed by atoms with Gasteiger partial charge in [0.2, 0.25) is 11.8 Å². The van der Waals surface area contributed by atoms with Crippen LogP contribution in [0.2, 0.25) is 0 Å². The molecular weight excluding hydrogens is 368 g/mol. The van der Waals surface area contributed by atoms with Gasteiger partial charge in [-0.2, -0.15) is 0 Å².